The summed E-state index contributed by atoms with van der Waals surface area (Å²) in [4.78, 5) is 33.3. The molecule has 0 unspecified atom stereocenters. The number of hydrogen-bond acceptors (Lipinski definition) is 3. The molecule has 0 aliphatic heterocycles. The molecule has 68 valence electrons. The lowest BCUT2D eigenvalue weighted by molar-refractivity contribution is -0.134. The summed E-state index contributed by atoms with van der Waals surface area (Å²) in [6, 6.07) is 0. The van der Waals surface area contributed by atoms with Crippen molar-refractivity contribution in [3.63, 3.8) is 0 Å². The molecule has 0 spiro atoms. The van der Waals surface area contributed by atoms with E-state index in [4.69, 9.17) is 24.6 Å². The number of rotatable bonds is 2. The Morgan fingerprint density at radius 3 is 1.25 bits per heavy atom. The first-order valence-corrected chi connectivity index (χ1v) is 3.51. The van der Waals surface area contributed by atoms with Crippen LogP contribution in [0, 0.1) is 0 Å². The smallest absolute Gasteiger partial charge is 0.478 e. The van der Waals surface area contributed by atoms with Crippen LogP contribution >= 0.6 is 8.25 Å². The van der Waals surface area contributed by atoms with E-state index in [1.165, 1.54) is 0 Å². The SMILES string of the molecule is O=C(O)C=CC(=O)O.O=[P+](O)O. The van der Waals surface area contributed by atoms with Crippen molar-refractivity contribution in [2.45, 2.75) is 0 Å². The second-order valence-corrected chi connectivity index (χ2v) is 1.77. The zero-order valence-electron chi connectivity index (χ0n) is 5.62. The van der Waals surface area contributed by atoms with E-state index in [1.54, 1.807) is 0 Å². The van der Waals surface area contributed by atoms with E-state index >= 15 is 0 Å². The molecule has 0 amide bonds. The van der Waals surface area contributed by atoms with Crippen LogP contribution in [-0.2, 0) is 14.2 Å². The van der Waals surface area contributed by atoms with Crippen molar-refractivity contribution in [3.05, 3.63) is 12.2 Å². The van der Waals surface area contributed by atoms with Crippen molar-refractivity contribution in [3.8, 4) is 0 Å². The van der Waals surface area contributed by atoms with Gasteiger partial charge in [0.05, 0.1) is 0 Å². The molecule has 8 heteroatoms. The first-order chi connectivity index (χ1) is 5.36. The minimum atomic E-state index is -2.87. The number of carboxylic acid groups (broad SMARTS) is 2. The largest absolute Gasteiger partial charge is 0.692 e. The van der Waals surface area contributed by atoms with Crippen LogP contribution in [0.2, 0.25) is 0 Å². The summed E-state index contributed by atoms with van der Waals surface area (Å²) in [7, 11) is -2.87. The lowest BCUT2D eigenvalue weighted by Crippen LogP contribution is -1.91. The monoisotopic (exact) mass is 197 g/mol. The van der Waals surface area contributed by atoms with E-state index < -0.39 is 20.2 Å². The molecule has 0 aliphatic rings. The van der Waals surface area contributed by atoms with Gasteiger partial charge in [-0.15, -0.1) is 9.79 Å². The molecule has 0 aromatic heterocycles. The number of carboxylic acids is 2. The summed E-state index contributed by atoms with van der Waals surface area (Å²) >= 11 is 0. The predicted molar refractivity (Wildman–Crippen MR) is 36.5 cm³/mol. The fourth-order valence-corrected chi connectivity index (χ4v) is 0.143. The summed E-state index contributed by atoms with van der Waals surface area (Å²) < 4.78 is 8.70. The fraction of sp³-hybridized carbons (Fsp3) is 0. The Balaban J connectivity index is 0. The van der Waals surface area contributed by atoms with E-state index in [2.05, 4.69) is 0 Å². The number of carbonyl (C=O) groups is 2. The topological polar surface area (TPSA) is 132 Å². The summed E-state index contributed by atoms with van der Waals surface area (Å²) in [5.74, 6) is -2.51. The highest BCUT2D eigenvalue weighted by Gasteiger charge is 1.93. The van der Waals surface area contributed by atoms with Gasteiger partial charge >= 0.3 is 20.2 Å². The molecule has 0 saturated carbocycles. The molecule has 0 rings (SSSR count). The Morgan fingerprint density at radius 1 is 1.00 bits per heavy atom. The van der Waals surface area contributed by atoms with Crippen LogP contribution < -0.4 is 0 Å². The third-order valence-corrected chi connectivity index (χ3v) is 0.368. The normalized spacial score (nSPS) is 8.50. The van der Waals surface area contributed by atoms with Gasteiger partial charge in [-0.2, -0.15) is 0 Å². The molecule has 0 fully saturated rings. The third-order valence-electron chi connectivity index (χ3n) is 0.368. The van der Waals surface area contributed by atoms with Crippen LogP contribution in [0.4, 0.5) is 0 Å². The zero-order chi connectivity index (χ0) is 10.1. The van der Waals surface area contributed by atoms with E-state index in [9.17, 15) is 9.59 Å². The first kappa shape index (κ1) is 13.3. The van der Waals surface area contributed by atoms with Gasteiger partial charge in [-0.05, 0) is 0 Å². The lowest BCUT2D eigenvalue weighted by Gasteiger charge is -1.74. The molecule has 0 heterocycles. The standard InChI is InChI=1S/C4H4O4.HO3P/c5-3(6)1-2-4(7)8;1-4(2)3/h1-2H,(H,5,6)(H,7,8);(H-,1,2,3)/p+1. The van der Waals surface area contributed by atoms with Crippen LogP contribution in [0.1, 0.15) is 0 Å². The van der Waals surface area contributed by atoms with Crippen molar-refractivity contribution in [2.24, 2.45) is 0 Å². The molecule has 7 nitrogen and oxygen atoms in total. The fourth-order valence-electron chi connectivity index (χ4n) is 0.143. The van der Waals surface area contributed by atoms with Crippen LogP contribution in [0.3, 0.4) is 0 Å². The second kappa shape index (κ2) is 7.80. The minimum absolute atomic E-state index is 0.558. The molecule has 12 heavy (non-hydrogen) atoms. The van der Waals surface area contributed by atoms with Gasteiger partial charge in [-0.25, -0.2) is 9.59 Å². The van der Waals surface area contributed by atoms with Crippen LogP contribution in [0.25, 0.3) is 0 Å². The molecule has 0 bridgehead atoms. The molecule has 4 N–H and O–H groups in total. The van der Waals surface area contributed by atoms with Gasteiger partial charge in [0, 0.05) is 16.7 Å². The summed E-state index contributed by atoms with van der Waals surface area (Å²) in [6.07, 6.45) is 1.12. The maximum atomic E-state index is 9.55. The summed E-state index contributed by atoms with van der Waals surface area (Å²) in [5.41, 5.74) is 0. The average molecular weight is 197 g/mol. The average Bonchev–Trinajstić information content (AvgIpc) is 1.82. The van der Waals surface area contributed by atoms with Crippen LogP contribution in [0.15, 0.2) is 12.2 Å². The summed E-state index contributed by atoms with van der Waals surface area (Å²) in [5, 5.41) is 15.6. The second-order valence-electron chi connectivity index (χ2n) is 1.26. The van der Waals surface area contributed by atoms with Crippen molar-refractivity contribution >= 4 is 20.2 Å². The molecular formula is C4H6O7P+. The van der Waals surface area contributed by atoms with Crippen molar-refractivity contribution in [2.75, 3.05) is 0 Å². The lowest BCUT2D eigenvalue weighted by atomic mass is 10.5. The molecule has 0 aromatic carbocycles. The Kier molecular flexibility index (Phi) is 8.65. The maximum absolute atomic E-state index is 9.55. The third kappa shape index (κ3) is 37.7. The van der Waals surface area contributed by atoms with Gasteiger partial charge in [-0.1, -0.05) is 0 Å². The van der Waals surface area contributed by atoms with Gasteiger partial charge in [0.2, 0.25) is 0 Å². The van der Waals surface area contributed by atoms with Crippen LogP contribution in [0.5, 0.6) is 0 Å². The van der Waals surface area contributed by atoms with Gasteiger partial charge in [-0.3, -0.25) is 0 Å². The maximum Gasteiger partial charge on any atom is 0.692 e. The van der Waals surface area contributed by atoms with E-state index in [-0.39, 0.29) is 0 Å². The highest BCUT2D eigenvalue weighted by molar-refractivity contribution is 7.30. The van der Waals surface area contributed by atoms with Crippen molar-refractivity contribution in [1.82, 2.24) is 0 Å². The van der Waals surface area contributed by atoms with E-state index in [0.29, 0.717) is 12.2 Å². The number of aliphatic carboxylic acids is 2. The minimum Gasteiger partial charge on any atom is -0.478 e. The quantitative estimate of drug-likeness (QED) is 0.341. The first-order valence-electron chi connectivity index (χ1n) is 2.35. The van der Waals surface area contributed by atoms with E-state index in [1.807, 2.05) is 0 Å². The molecular weight excluding hydrogens is 191 g/mol. The van der Waals surface area contributed by atoms with E-state index in [0.717, 1.165) is 0 Å². The molecule has 0 radical (unpaired) electrons. The highest BCUT2D eigenvalue weighted by Crippen LogP contribution is 1.98. The molecule has 0 aliphatic carbocycles. The van der Waals surface area contributed by atoms with Crippen molar-refractivity contribution in [1.29, 1.82) is 0 Å². The van der Waals surface area contributed by atoms with Gasteiger partial charge < -0.3 is 10.2 Å². The van der Waals surface area contributed by atoms with Crippen molar-refractivity contribution < 1.29 is 34.2 Å². The molecule has 0 aromatic rings. The zero-order valence-corrected chi connectivity index (χ0v) is 6.51. The Hall–Kier alpha value is -1.30. The molecule has 0 saturated heterocycles. The Morgan fingerprint density at radius 2 is 1.17 bits per heavy atom. The van der Waals surface area contributed by atoms with Gasteiger partial charge in [0.1, 0.15) is 0 Å². The van der Waals surface area contributed by atoms with Crippen LogP contribution in [-0.4, -0.2) is 31.9 Å². The highest BCUT2D eigenvalue weighted by atomic mass is 31.1. The Labute approximate surface area is 67.5 Å². The molecule has 0 atom stereocenters. The van der Waals surface area contributed by atoms with Gasteiger partial charge in [0.25, 0.3) is 0 Å². The summed E-state index contributed by atoms with van der Waals surface area (Å²) in [6.45, 7) is 0. The van der Waals surface area contributed by atoms with Gasteiger partial charge in [0.15, 0.2) is 0 Å². The Bertz CT molecular complexity index is 187. The number of hydrogen-bond donors (Lipinski definition) is 4. The predicted octanol–water partition coefficient (Wildman–Crippen LogP) is -0.660.